The first-order valence-electron chi connectivity index (χ1n) is 8.37. The lowest BCUT2D eigenvalue weighted by Gasteiger charge is -2.32. The van der Waals surface area contributed by atoms with Crippen LogP contribution in [0.5, 0.6) is 0 Å². The quantitative estimate of drug-likeness (QED) is 0.397. The van der Waals surface area contributed by atoms with E-state index in [0.717, 1.165) is 19.4 Å². The standard InChI is InChI=1S/C17H36O2/c1-5-8-9-10-11-12-13-14-17(6-2,7-3)19-16-15-18-4/h5-16H2,1-4H3. The predicted molar refractivity (Wildman–Crippen MR) is 83.8 cm³/mol. The Kier molecular flexibility index (Phi) is 12.9. The minimum atomic E-state index is 0.0992. The third-order valence-corrected chi connectivity index (χ3v) is 4.22. The fraction of sp³-hybridized carbons (Fsp3) is 1.00. The summed E-state index contributed by atoms with van der Waals surface area (Å²) in [6.07, 6.45) is 13.0. The number of methoxy groups -OCH3 is 1. The molecule has 0 aliphatic heterocycles. The number of unbranched alkanes of at least 4 members (excludes halogenated alkanes) is 6. The van der Waals surface area contributed by atoms with Gasteiger partial charge in [0.1, 0.15) is 0 Å². The summed E-state index contributed by atoms with van der Waals surface area (Å²) >= 11 is 0. The van der Waals surface area contributed by atoms with Gasteiger partial charge in [0.2, 0.25) is 0 Å². The van der Waals surface area contributed by atoms with Gasteiger partial charge in [-0.05, 0) is 19.3 Å². The van der Waals surface area contributed by atoms with E-state index in [2.05, 4.69) is 20.8 Å². The second kappa shape index (κ2) is 12.9. The molecule has 116 valence electrons. The van der Waals surface area contributed by atoms with Crippen LogP contribution < -0.4 is 0 Å². The fourth-order valence-corrected chi connectivity index (χ4v) is 2.63. The fourth-order valence-electron chi connectivity index (χ4n) is 2.63. The van der Waals surface area contributed by atoms with Gasteiger partial charge in [0, 0.05) is 7.11 Å². The number of rotatable bonds is 14. The van der Waals surface area contributed by atoms with Crippen molar-refractivity contribution < 1.29 is 9.47 Å². The van der Waals surface area contributed by atoms with Crippen molar-refractivity contribution in [2.45, 2.75) is 90.6 Å². The second-order valence-electron chi connectivity index (χ2n) is 5.60. The van der Waals surface area contributed by atoms with Gasteiger partial charge in [0.15, 0.2) is 0 Å². The van der Waals surface area contributed by atoms with E-state index >= 15 is 0 Å². The smallest absolute Gasteiger partial charge is 0.0707 e. The van der Waals surface area contributed by atoms with Gasteiger partial charge in [-0.2, -0.15) is 0 Å². The molecule has 0 aromatic carbocycles. The zero-order chi connectivity index (χ0) is 14.4. The summed E-state index contributed by atoms with van der Waals surface area (Å²) in [5.74, 6) is 0. The molecule has 0 heterocycles. The Bertz CT molecular complexity index is 176. The molecular formula is C17H36O2. The van der Waals surface area contributed by atoms with Gasteiger partial charge in [0.05, 0.1) is 18.8 Å². The van der Waals surface area contributed by atoms with E-state index in [9.17, 15) is 0 Å². The van der Waals surface area contributed by atoms with Crippen molar-refractivity contribution in [2.75, 3.05) is 20.3 Å². The Balaban J connectivity index is 3.74. The van der Waals surface area contributed by atoms with Crippen LogP contribution >= 0.6 is 0 Å². The van der Waals surface area contributed by atoms with E-state index in [0.29, 0.717) is 6.61 Å². The SMILES string of the molecule is CCCCCCCCCC(CC)(CC)OCCOC. The Morgan fingerprint density at radius 1 is 0.737 bits per heavy atom. The first-order chi connectivity index (χ1) is 9.24. The summed E-state index contributed by atoms with van der Waals surface area (Å²) in [6, 6.07) is 0. The van der Waals surface area contributed by atoms with Crippen LogP contribution in [0.15, 0.2) is 0 Å². The minimum absolute atomic E-state index is 0.0992. The minimum Gasteiger partial charge on any atom is -0.382 e. The molecule has 0 fully saturated rings. The van der Waals surface area contributed by atoms with Gasteiger partial charge in [-0.15, -0.1) is 0 Å². The molecular weight excluding hydrogens is 236 g/mol. The van der Waals surface area contributed by atoms with Gasteiger partial charge in [-0.25, -0.2) is 0 Å². The van der Waals surface area contributed by atoms with Crippen LogP contribution in [0, 0.1) is 0 Å². The molecule has 0 amide bonds. The van der Waals surface area contributed by atoms with Crippen LogP contribution in [0.1, 0.15) is 85.0 Å². The molecule has 0 aromatic rings. The molecule has 0 saturated heterocycles. The maximum absolute atomic E-state index is 6.09. The topological polar surface area (TPSA) is 18.5 Å². The molecule has 0 bridgehead atoms. The van der Waals surface area contributed by atoms with Gasteiger partial charge >= 0.3 is 0 Å². The molecule has 0 radical (unpaired) electrons. The maximum Gasteiger partial charge on any atom is 0.0707 e. The predicted octanol–water partition coefficient (Wildman–Crippen LogP) is 5.35. The Hall–Kier alpha value is -0.0800. The van der Waals surface area contributed by atoms with Crippen molar-refractivity contribution in [1.82, 2.24) is 0 Å². The maximum atomic E-state index is 6.09. The van der Waals surface area contributed by atoms with Gasteiger partial charge in [0.25, 0.3) is 0 Å². The summed E-state index contributed by atoms with van der Waals surface area (Å²) in [6.45, 7) is 8.21. The van der Waals surface area contributed by atoms with E-state index in [4.69, 9.17) is 9.47 Å². The summed E-state index contributed by atoms with van der Waals surface area (Å²) in [7, 11) is 1.74. The van der Waals surface area contributed by atoms with Crippen LogP contribution in [0.3, 0.4) is 0 Å². The number of hydrogen-bond acceptors (Lipinski definition) is 2. The highest BCUT2D eigenvalue weighted by Crippen LogP contribution is 2.27. The Labute approximate surface area is 121 Å². The average Bonchev–Trinajstić information content (AvgIpc) is 2.45. The van der Waals surface area contributed by atoms with E-state index in [1.54, 1.807) is 7.11 Å². The first kappa shape index (κ1) is 18.9. The van der Waals surface area contributed by atoms with Gasteiger partial charge < -0.3 is 9.47 Å². The molecule has 0 unspecified atom stereocenters. The molecule has 0 saturated carbocycles. The highest BCUT2D eigenvalue weighted by molar-refractivity contribution is 4.77. The number of hydrogen-bond donors (Lipinski definition) is 0. The summed E-state index contributed by atoms with van der Waals surface area (Å²) in [5.41, 5.74) is 0.0992. The normalized spacial score (nSPS) is 12.0. The Morgan fingerprint density at radius 3 is 1.84 bits per heavy atom. The molecule has 0 rings (SSSR count). The second-order valence-corrected chi connectivity index (χ2v) is 5.60. The molecule has 0 spiro atoms. The molecule has 0 aliphatic carbocycles. The van der Waals surface area contributed by atoms with Crippen molar-refractivity contribution >= 4 is 0 Å². The van der Waals surface area contributed by atoms with Crippen molar-refractivity contribution in [1.29, 1.82) is 0 Å². The highest BCUT2D eigenvalue weighted by Gasteiger charge is 2.25. The summed E-state index contributed by atoms with van der Waals surface area (Å²) < 4.78 is 11.2. The lowest BCUT2D eigenvalue weighted by Crippen LogP contribution is -2.32. The van der Waals surface area contributed by atoms with Crippen LogP contribution in [0.25, 0.3) is 0 Å². The molecule has 0 atom stereocenters. The van der Waals surface area contributed by atoms with Crippen molar-refractivity contribution in [2.24, 2.45) is 0 Å². The van der Waals surface area contributed by atoms with Gasteiger partial charge in [-0.1, -0.05) is 65.7 Å². The Morgan fingerprint density at radius 2 is 1.32 bits per heavy atom. The zero-order valence-electron chi connectivity index (χ0n) is 13.8. The monoisotopic (exact) mass is 272 g/mol. The average molecular weight is 272 g/mol. The van der Waals surface area contributed by atoms with Gasteiger partial charge in [-0.3, -0.25) is 0 Å². The molecule has 19 heavy (non-hydrogen) atoms. The third kappa shape index (κ3) is 9.45. The first-order valence-corrected chi connectivity index (χ1v) is 8.37. The van der Waals surface area contributed by atoms with E-state index in [-0.39, 0.29) is 5.60 Å². The van der Waals surface area contributed by atoms with Crippen molar-refractivity contribution in [3.05, 3.63) is 0 Å². The van der Waals surface area contributed by atoms with Crippen LogP contribution in [0.4, 0.5) is 0 Å². The molecule has 0 aromatic heterocycles. The van der Waals surface area contributed by atoms with E-state index in [1.165, 1.54) is 51.4 Å². The lowest BCUT2D eigenvalue weighted by molar-refractivity contribution is -0.0742. The molecule has 0 aliphatic rings. The molecule has 2 nitrogen and oxygen atoms in total. The van der Waals surface area contributed by atoms with E-state index in [1.807, 2.05) is 0 Å². The summed E-state index contributed by atoms with van der Waals surface area (Å²) in [5, 5.41) is 0. The lowest BCUT2D eigenvalue weighted by atomic mass is 9.90. The number of ether oxygens (including phenoxy) is 2. The van der Waals surface area contributed by atoms with Crippen LogP contribution in [-0.2, 0) is 9.47 Å². The third-order valence-electron chi connectivity index (χ3n) is 4.22. The van der Waals surface area contributed by atoms with Crippen molar-refractivity contribution in [3.8, 4) is 0 Å². The van der Waals surface area contributed by atoms with Crippen LogP contribution in [-0.4, -0.2) is 25.9 Å². The largest absolute Gasteiger partial charge is 0.382 e. The molecule has 0 N–H and O–H groups in total. The van der Waals surface area contributed by atoms with E-state index < -0.39 is 0 Å². The summed E-state index contributed by atoms with van der Waals surface area (Å²) in [4.78, 5) is 0. The molecule has 2 heteroatoms. The van der Waals surface area contributed by atoms with Crippen molar-refractivity contribution in [3.63, 3.8) is 0 Å². The highest BCUT2D eigenvalue weighted by atomic mass is 16.5. The zero-order valence-corrected chi connectivity index (χ0v) is 13.8. The van der Waals surface area contributed by atoms with Crippen LogP contribution in [0.2, 0.25) is 0 Å².